The van der Waals surface area contributed by atoms with Gasteiger partial charge in [-0.1, -0.05) is 17.7 Å². The Morgan fingerprint density at radius 2 is 2.29 bits per heavy atom. The fourth-order valence-corrected chi connectivity index (χ4v) is 2.22. The highest BCUT2D eigenvalue weighted by Crippen LogP contribution is 2.36. The lowest BCUT2D eigenvalue weighted by Crippen LogP contribution is -2.25. The molecule has 2 rings (SSSR count). The van der Waals surface area contributed by atoms with Gasteiger partial charge in [-0.05, 0) is 38.0 Å². The van der Waals surface area contributed by atoms with Crippen LogP contribution in [0.1, 0.15) is 30.1 Å². The lowest BCUT2D eigenvalue weighted by molar-refractivity contribution is 0.101. The molecule has 0 N–H and O–H groups in total. The number of halogens is 1. The minimum atomic E-state index is 0.0418. The van der Waals surface area contributed by atoms with Crippen LogP contribution in [0.3, 0.4) is 0 Å². The Labute approximate surface area is 107 Å². The maximum atomic E-state index is 11.3. The summed E-state index contributed by atoms with van der Waals surface area (Å²) in [6.45, 7) is 6.12. The van der Waals surface area contributed by atoms with Crippen LogP contribution in [0.25, 0.3) is 0 Å². The first-order valence-corrected chi connectivity index (χ1v) is 6.19. The summed E-state index contributed by atoms with van der Waals surface area (Å²) in [7, 11) is 0. The number of rotatable bonds is 5. The van der Waals surface area contributed by atoms with E-state index in [0.717, 1.165) is 12.2 Å². The minimum Gasteiger partial charge on any atom is -0.364 e. The molecule has 90 valence electrons. The Morgan fingerprint density at radius 3 is 2.76 bits per heavy atom. The number of ketones is 1. The van der Waals surface area contributed by atoms with Crippen molar-refractivity contribution in [1.29, 1.82) is 0 Å². The number of hydrogen-bond acceptors (Lipinski definition) is 2. The minimum absolute atomic E-state index is 0.0418. The number of hydrogen-bond donors (Lipinski definition) is 0. The number of nitrogens with zero attached hydrogens (tertiary/aromatic N) is 1. The van der Waals surface area contributed by atoms with Crippen molar-refractivity contribution in [2.24, 2.45) is 0 Å². The molecule has 0 saturated heterocycles. The Hall–Kier alpha value is -1.28. The monoisotopic (exact) mass is 249 g/mol. The zero-order valence-electron chi connectivity index (χ0n) is 9.95. The molecule has 17 heavy (non-hydrogen) atoms. The molecule has 0 bridgehead atoms. The van der Waals surface area contributed by atoms with Crippen LogP contribution in [0.5, 0.6) is 0 Å². The van der Waals surface area contributed by atoms with Crippen LogP contribution < -0.4 is 4.90 Å². The highest BCUT2D eigenvalue weighted by Gasteiger charge is 2.29. The molecule has 0 radical (unpaired) electrons. The third kappa shape index (κ3) is 2.70. The fourth-order valence-electron chi connectivity index (χ4n) is 1.93. The summed E-state index contributed by atoms with van der Waals surface area (Å²) >= 11 is 6.25. The van der Waals surface area contributed by atoms with Crippen molar-refractivity contribution in [2.45, 2.75) is 25.8 Å². The predicted octanol–water partition coefficient (Wildman–Crippen LogP) is 3.70. The third-order valence-electron chi connectivity index (χ3n) is 2.98. The first-order valence-electron chi connectivity index (χ1n) is 5.81. The predicted molar refractivity (Wildman–Crippen MR) is 72.0 cm³/mol. The number of carbonyl (C=O) groups is 1. The molecule has 0 atom stereocenters. The summed E-state index contributed by atoms with van der Waals surface area (Å²) in [5.41, 5.74) is 1.66. The molecule has 0 spiro atoms. The Balaban J connectivity index is 2.30. The van der Waals surface area contributed by atoms with Crippen LogP contribution in [-0.2, 0) is 0 Å². The van der Waals surface area contributed by atoms with Crippen LogP contribution >= 0.6 is 11.6 Å². The summed E-state index contributed by atoms with van der Waals surface area (Å²) < 4.78 is 0. The van der Waals surface area contributed by atoms with E-state index in [1.165, 1.54) is 12.8 Å². The highest BCUT2D eigenvalue weighted by atomic mass is 35.5. The van der Waals surface area contributed by atoms with Crippen molar-refractivity contribution in [3.05, 3.63) is 41.4 Å². The van der Waals surface area contributed by atoms with E-state index in [1.54, 1.807) is 13.0 Å². The lowest BCUT2D eigenvalue weighted by Gasteiger charge is -2.24. The fraction of sp³-hybridized carbons (Fsp3) is 0.357. The van der Waals surface area contributed by atoms with E-state index in [-0.39, 0.29) is 5.78 Å². The zero-order chi connectivity index (χ0) is 12.4. The van der Waals surface area contributed by atoms with Gasteiger partial charge in [0.15, 0.2) is 5.78 Å². The van der Waals surface area contributed by atoms with Crippen molar-refractivity contribution in [2.75, 3.05) is 11.4 Å². The Kier molecular flexibility index (Phi) is 3.53. The molecule has 2 nitrogen and oxygen atoms in total. The molecule has 1 aliphatic rings. The van der Waals surface area contributed by atoms with E-state index in [0.29, 0.717) is 16.6 Å². The molecule has 0 amide bonds. The van der Waals surface area contributed by atoms with Crippen molar-refractivity contribution in [1.82, 2.24) is 0 Å². The van der Waals surface area contributed by atoms with Gasteiger partial charge < -0.3 is 4.90 Å². The molecule has 0 unspecified atom stereocenters. The summed E-state index contributed by atoms with van der Waals surface area (Å²) in [4.78, 5) is 13.5. The second-order valence-corrected chi connectivity index (χ2v) is 4.80. The van der Waals surface area contributed by atoms with Gasteiger partial charge in [-0.15, -0.1) is 6.58 Å². The largest absolute Gasteiger partial charge is 0.364 e. The second-order valence-electron chi connectivity index (χ2n) is 4.39. The lowest BCUT2D eigenvalue weighted by atomic mass is 10.1. The van der Waals surface area contributed by atoms with E-state index in [4.69, 9.17) is 11.6 Å². The molecule has 1 aliphatic carbocycles. The van der Waals surface area contributed by atoms with Crippen molar-refractivity contribution >= 4 is 23.1 Å². The van der Waals surface area contributed by atoms with Gasteiger partial charge in [0.05, 0.1) is 10.7 Å². The van der Waals surface area contributed by atoms with Gasteiger partial charge in [-0.2, -0.15) is 0 Å². The molecular weight excluding hydrogens is 234 g/mol. The second kappa shape index (κ2) is 4.92. The van der Waals surface area contributed by atoms with Gasteiger partial charge in [0.2, 0.25) is 0 Å². The van der Waals surface area contributed by atoms with Gasteiger partial charge in [0, 0.05) is 18.2 Å². The summed E-state index contributed by atoms with van der Waals surface area (Å²) in [6.07, 6.45) is 4.30. The number of anilines is 1. The summed E-state index contributed by atoms with van der Waals surface area (Å²) in [6, 6.07) is 6.09. The zero-order valence-corrected chi connectivity index (χ0v) is 10.7. The van der Waals surface area contributed by atoms with Gasteiger partial charge >= 0.3 is 0 Å². The van der Waals surface area contributed by atoms with Gasteiger partial charge in [0.25, 0.3) is 0 Å². The van der Waals surface area contributed by atoms with Crippen LogP contribution in [0.2, 0.25) is 5.02 Å². The van der Waals surface area contributed by atoms with Crippen LogP contribution in [0.15, 0.2) is 30.9 Å². The standard InChI is InChI=1S/C14H16ClNO/c1-3-8-16(12-5-6-12)14-7-4-11(10(2)17)9-13(14)15/h3-4,7,9,12H,1,5-6,8H2,2H3. The van der Waals surface area contributed by atoms with Crippen molar-refractivity contribution in [3.8, 4) is 0 Å². The average molecular weight is 250 g/mol. The molecule has 0 heterocycles. The third-order valence-corrected chi connectivity index (χ3v) is 3.28. The van der Waals surface area contributed by atoms with Gasteiger partial charge in [-0.25, -0.2) is 0 Å². The summed E-state index contributed by atoms with van der Waals surface area (Å²) in [5, 5.41) is 0.645. The van der Waals surface area contributed by atoms with Crippen molar-refractivity contribution in [3.63, 3.8) is 0 Å². The van der Waals surface area contributed by atoms with E-state index in [1.807, 2.05) is 18.2 Å². The molecule has 1 fully saturated rings. The Morgan fingerprint density at radius 1 is 1.59 bits per heavy atom. The normalized spacial score (nSPS) is 14.5. The number of benzene rings is 1. The molecule has 0 aromatic heterocycles. The van der Waals surface area contributed by atoms with E-state index < -0.39 is 0 Å². The summed E-state index contributed by atoms with van der Waals surface area (Å²) in [5.74, 6) is 0.0418. The van der Waals surface area contributed by atoms with Gasteiger partial charge in [0.1, 0.15) is 0 Å². The molecule has 1 saturated carbocycles. The van der Waals surface area contributed by atoms with E-state index in [2.05, 4.69) is 11.5 Å². The maximum absolute atomic E-state index is 11.3. The smallest absolute Gasteiger partial charge is 0.159 e. The molecule has 1 aromatic rings. The topological polar surface area (TPSA) is 20.3 Å². The average Bonchev–Trinajstić information content (AvgIpc) is 3.10. The number of carbonyl (C=O) groups excluding carboxylic acids is 1. The Bertz CT molecular complexity index is 452. The highest BCUT2D eigenvalue weighted by molar-refractivity contribution is 6.33. The van der Waals surface area contributed by atoms with Crippen LogP contribution in [-0.4, -0.2) is 18.4 Å². The van der Waals surface area contributed by atoms with Gasteiger partial charge in [-0.3, -0.25) is 4.79 Å². The van der Waals surface area contributed by atoms with Crippen LogP contribution in [0, 0.1) is 0 Å². The molecule has 0 aliphatic heterocycles. The van der Waals surface area contributed by atoms with E-state index >= 15 is 0 Å². The first-order chi connectivity index (χ1) is 8.13. The number of Topliss-reactive ketones (excluding diaryl/α,β-unsaturated/α-hetero) is 1. The first kappa shape index (κ1) is 12.2. The van der Waals surface area contributed by atoms with Crippen molar-refractivity contribution < 1.29 is 4.79 Å². The molecule has 3 heteroatoms. The maximum Gasteiger partial charge on any atom is 0.159 e. The SMILES string of the molecule is C=CCN(c1ccc(C(C)=O)cc1Cl)C1CC1. The molecule has 1 aromatic carbocycles. The van der Waals surface area contributed by atoms with Crippen LogP contribution in [0.4, 0.5) is 5.69 Å². The quantitative estimate of drug-likeness (QED) is 0.586. The van der Waals surface area contributed by atoms with E-state index in [9.17, 15) is 4.79 Å². The molecular formula is C14H16ClNO.